The van der Waals surface area contributed by atoms with Crippen LogP contribution in [0.1, 0.15) is 19.3 Å². The van der Waals surface area contributed by atoms with Crippen LogP contribution in [0.2, 0.25) is 0 Å². The van der Waals surface area contributed by atoms with Crippen molar-refractivity contribution >= 4 is 27.5 Å². The Bertz CT molecular complexity index is 122. The summed E-state index contributed by atoms with van der Waals surface area (Å²) in [6.45, 7) is 3.89. The van der Waals surface area contributed by atoms with Gasteiger partial charge >= 0.3 is 0 Å². The Labute approximate surface area is 69.4 Å². The first-order valence-electron chi connectivity index (χ1n) is 3.15. The van der Waals surface area contributed by atoms with Gasteiger partial charge in [0.05, 0.1) is 0 Å². The van der Waals surface area contributed by atoms with Crippen molar-refractivity contribution in [3.05, 3.63) is 12.2 Å². The zero-order chi connectivity index (χ0) is 6.85. The van der Waals surface area contributed by atoms with Gasteiger partial charge < -0.3 is 0 Å². The monoisotopic (exact) mass is 208 g/mol. The molecule has 52 valence electrons. The van der Waals surface area contributed by atoms with Crippen molar-refractivity contribution in [3.63, 3.8) is 0 Å². The van der Waals surface area contributed by atoms with Crippen LogP contribution in [0, 0.1) is 0 Å². The Morgan fingerprint density at radius 2 is 2.33 bits per heavy atom. The van der Waals surface area contributed by atoms with Crippen molar-refractivity contribution in [3.8, 4) is 0 Å². The van der Waals surface area contributed by atoms with Crippen molar-refractivity contribution in [2.45, 2.75) is 29.5 Å². The van der Waals surface area contributed by atoms with Crippen LogP contribution in [0.3, 0.4) is 0 Å². The lowest BCUT2D eigenvalue weighted by Crippen LogP contribution is -2.19. The number of hydrogen-bond donors (Lipinski definition) is 0. The molecule has 1 fully saturated rings. The van der Waals surface area contributed by atoms with E-state index in [0.717, 1.165) is 19.3 Å². The summed E-state index contributed by atoms with van der Waals surface area (Å²) in [6.07, 6.45) is 3.27. The van der Waals surface area contributed by atoms with Gasteiger partial charge in [-0.3, -0.25) is 0 Å². The molecule has 0 aromatic rings. The zero-order valence-corrected chi connectivity index (χ0v) is 7.58. The van der Waals surface area contributed by atoms with E-state index < -0.39 is 0 Å². The molecule has 0 bridgehead atoms. The molecular weight excluding hydrogens is 199 g/mol. The molecule has 0 saturated heterocycles. The van der Waals surface area contributed by atoms with Crippen LogP contribution in [0.4, 0.5) is 0 Å². The number of alkyl halides is 2. The fourth-order valence-corrected chi connectivity index (χ4v) is 1.79. The lowest BCUT2D eigenvalue weighted by atomic mass is 9.96. The van der Waals surface area contributed by atoms with Gasteiger partial charge in [-0.15, -0.1) is 11.6 Å². The van der Waals surface area contributed by atoms with E-state index in [1.165, 1.54) is 5.57 Å². The van der Waals surface area contributed by atoms with Gasteiger partial charge in [-0.05, 0) is 19.3 Å². The second kappa shape index (κ2) is 3.07. The van der Waals surface area contributed by atoms with Gasteiger partial charge in [-0.1, -0.05) is 28.1 Å². The smallest absolute Gasteiger partial charge is 0.0498 e. The van der Waals surface area contributed by atoms with Crippen molar-refractivity contribution in [2.24, 2.45) is 0 Å². The highest BCUT2D eigenvalue weighted by Crippen LogP contribution is 2.30. The summed E-state index contributed by atoms with van der Waals surface area (Å²) in [7, 11) is 0. The maximum absolute atomic E-state index is 5.95. The number of halogens is 2. The molecule has 0 heterocycles. The molecule has 0 aliphatic heterocycles. The summed E-state index contributed by atoms with van der Waals surface area (Å²) in [5, 5.41) is 0.270. The summed E-state index contributed by atoms with van der Waals surface area (Å²) in [5.74, 6) is 0. The average Bonchev–Trinajstić information content (AvgIpc) is 1.80. The van der Waals surface area contributed by atoms with Crippen LogP contribution < -0.4 is 0 Å². The third-order valence-corrected chi connectivity index (χ3v) is 3.51. The summed E-state index contributed by atoms with van der Waals surface area (Å²) >= 11 is 9.46. The van der Waals surface area contributed by atoms with Crippen LogP contribution in [-0.2, 0) is 0 Å². The van der Waals surface area contributed by atoms with Crippen LogP contribution in [-0.4, -0.2) is 10.2 Å². The molecule has 0 spiro atoms. The molecule has 0 aromatic heterocycles. The van der Waals surface area contributed by atoms with Crippen molar-refractivity contribution in [1.82, 2.24) is 0 Å². The molecule has 2 heteroatoms. The minimum atomic E-state index is 0.270. The zero-order valence-electron chi connectivity index (χ0n) is 5.24. The quantitative estimate of drug-likeness (QED) is 0.425. The Kier molecular flexibility index (Phi) is 2.59. The van der Waals surface area contributed by atoms with Gasteiger partial charge in [0.25, 0.3) is 0 Å². The van der Waals surface area contributed by atoms with E-state index in [2.05, 4.69) is 22.5 Å². The van der Waals surface area contributed by atoms with Crippen LogP contribution >= 0.6 is 27.5 Å². The first-order chi connectivity index (χ1) is 4.20. The average molecular weight is 210 g/mol. The highest BCUT2D eigenvalue weighted by Gasteiger charge is 2.21. The van der Waals surface area contributed by atoms with Gasteiger partial charge in [0.15, 0.2) is 0 Å². The molecule has 1 rings (SSSR count). The van der Waals surface area contributed by atoms with E-state index in [4.69, 9.17) is 11.6 Å². The Balaban J connectivity index is 2.44. The first-order valence-corrected chi connectivity index (χ1v) is 4.50. The number of allylic oxidation sites excluding steroid dienone is 1. The highest BCUT2D eigenvalue weighted by molar-refractivity contribution is 9.09. The maximum Gasteiger partial charge on any atom is 0.0498 e. The van der Waals surface area contributed by atoms with Crippen LogP contribution in [0.15, 0.2) is 12.2 Å². The fraction of sp³-hybridized carbons (Fsp3) is 0.714. The van der Waals surface area contributed by atoms with Gasteiger partial charge in [-0.25, -0.2) is 0 Å². The summed E-state index contributed by atoms with van der Waals surface area (Å²) in [5.41, 5.74) is 1.30. The lowest BCUT2D eigenvalue weighted by Gasteiger charge is -2.23. The summed E-state index contributed by atoms with van der Waals surface area (Å²) < 4.78 is 0. The molecule has 0 radical (unpaired) electrons. The lowest BCUT2D eigenvalue weighted by molar-refractivity contribution is 0.631. The van der Waals surface area contributed by atoms with E-state index in [-0.39, 0.29) is 5.38 Å². The topological polar surface area (TPSA) is 0 Å². The molecular formula is C7H10BrCl. The maximum atomic E-state index is 5.95. The molecule has 2 unspecified atom stereocenters. The van der Waals surface area contributed by atoms with E-state index >= 15 is 0 Å². The highest BCUT2D eigenvalue weighted by atomic mass is 79.9. The predicted octanol–water partition coefficient (Wildman–Crippen LogP) is 3.10. The van der Waals surface area contributed by atoms with Crippen molar-refractivity contribution in [2.75, 3.05) is 0 Å². The number of hydrogen-bond acceptors (Lipinski definition) is 0. The molecule has 1 aliphatic rings. The largest absolute Gasteiger partial charge is 0.121 e. The SMILES string of the molecule is C=C1CCC(Br)C(Cl)C1. The van der Waals surface area contributed by atoms with Gasteiger partial charge in [0, 0.05) is 10.2 Å². The summed E-state index contributed by atoms with van der Waals surface area (Å²) in [6, 6.07) is 0. The van der Waals surface area contributed by atoms with Crippen molar-refractivity contribution < 1.29 is 0 Å². The first kappa shape index (κ1) is 7.62. The molecule has 9 heavy (non-hydrogen) atoms. The van der Waals surface area contributed by atoms with Gasteiger partial charge in [-0.2, -0.15) is 0 Å². The van der Waals surface area contributed by atoms with Crippen LogP contribution in [0.25, 0.3) is 0 Å². The molecule has 1 aliphatic carbocycles. The number of rotatable bonds is 0. The second-order valence-corrected chi connectivity index (χ2v) is 4.26. The molecule has 0 N–H and O–H groups in total. The Morgan fingerprint density at radius 3 is 2.78 bits per heavy atom. The second-order valence-electron chi connectivity index (χ2n) is 2.52. The summed E-state index contributed by atoms with van der Waals surface area (Å²) in [4.78, 5) is 0.504. The predicted molar refractivity (Wildman–Crippen MR) is 45.3 cm³/mol. The molecule has 0 amide bonds. The van der Waals surface area contributed by atoms with Crippen molar-refractivity contribution in [1.29, 1.82) is 0 Å². The molecule has 0 aromatic carbocycles. The van der Waals surface area contributed by atoms with E-state index in [1.807, 2.05) is 0 Å². The minimum absolute atomic E-state index is 0.270. The third-order valence-electron chi connectivity index (χ3n) is 1.65. The normalized spacial score (nSPS) is 36.9. The molecule has 1 saturated carbocycles. The van der Waals surface area contributed by atoms with Crippen LogP contribution in [0.5, 0.6) is 0 Å². The molecule has 2 atom stereocenters. The van der Waals surface area contributed by atoms with E-state index in [0.29, 0.717) is 4.83 Å². The fourth-order valence-electron chi connectivity index (χ4n) is 1.03. The van der Waals surface area contributed by atoms with Gasteiger partial charge in [0.1, 0.15) is 0 Å². The third kappa shape index (κ3) is 1.98. The van der Waals surface area contributed by atoms with E-state index in [9.17, 15) is 0 Å². The Hall–Kier alpha value is 0.510. The van der Waals surface area contributed by atoms with Gasteiger partial charge in [0.2, 0.25) is 0 Å². The standard InChI is InChI=1S/C7H10BrCl/c1-5-2-3-6(8)7(9)4-5/h6-7H,1-4H2. The van der Waals surface area contributed by atoms with E-state index in [1.54, 1.807) is 0 Å². The Morgan fingerprint density at radius 1 is 1.67 bits per heavy atom. The minimum Gasteiger partial charge on any atom is -0.121 e. The molecule has 0 nitrogen and oxygen atoms in total.